The number of para-hydroxylation sites is 1. The average molecular weight is 402 g/mol. The number of thiocarbonyl (C=S) groups is 1. The number of halogens is 1. The fourth-order valence-corrected chi connectivity index (χ4v) is 2.90. The van der Waals surface area contributed by atoms with Crippen molar-refractivity contribution >= 4 is 51.3 Å². The van der Waals surface area contributed by atoms with E-state index in [0.717, 1.165) is 22.4 Å². The van der Waals surface area contributed by atoms with Crippen molar-refractivity contribution in [1.29, 1.82) is 0 Å². The van der Waals surface area contributed by atoms with Crippen molar-refractivity contribution in [3.63, 3.8) is 0 Å². The van der Waals surface area contributed by atoms with E-state index < -0.39 is 0 Å². The molecule has 7 heteroatoms. The maximum Gasteiger partial charge on any atom is 0.191 e. The van der Waals surface area contributed by atoms with Gasteiger partial charge in [0.1, 0.15) is 5.71 Å². The van der Waals surface area contributed by atoms with Gasteiger partial charge < -0.3 is 14.5 Å². The van der Waals surface area contributed by atoms with E-state index >= 15 is 0 Å². The highest BCUT2D eigenvalue weighted by Crippen LogP contribution is 2.29. The third-order valence-corrected chi connectivity index (χ3v) is 4.61. The van der Waals surface area contributed by atoms with Gasteiger partial charge in [-0.25, -0.2) is 0 Å². The van der Waals surface area contributed by atoms with Gasteiger partial charge in [-0.1, -0.05) is 29.8 Å². The summed E-state index contributed by atoms with van der Waals surface area (Å²) in [5.41, 5.74) is 5.96. The van der Waals surface area contributed by atoms with Crippen LogP contribution in [0.1, 0.15) is 25.2 Å². The molecular formula is C20H20ClN3O2S. The van der Waals surface area contributed by atoms with Gasteiger partial charge in [-0.3, -0.25) is 5.43 Å². The number of nitrogens with zero attached hydrogens (tertiary/aromatic N) is 1. The number of furan rings is 1. The summed E-state index contributed by atoms with van der Waals surface area (Å²) in [5, 5.41) is 9.40. The maximum absolute atomic E-state index is 6.12. The van der Waals surface area contributed by atoms with E-state index in [9.17, 15) is 0 Å². The predicted molar refractivity (Wildman–Crippen MR) is 115 cm³/mol. The number of anilines is 1. The van der Waals surface area contributed by atoms with Crippen LogP contribution in [0.4, 0.5) is 5.69 Å². The standard InChI is InChI=1S/C20H20ClN3O2S/c1-4-25-17-10-5-7-14-11-18(26-19(14)17)13(3)23-24-20(27)22-16-9-6-8-15(21)12(16)2/h5-11H,4H2,1-3H3,(H2,22,24,27). The molecule has 1 aromatic heterocycles. The number of ether oxygens (including phenoxy) is 1. The Bertz CT molecular complexity index is 1010. The maximum atomic E-state index is 6.12. The topological polar surface area (TPSA) is 58.8 Å². The molecule has 0 bridgehead atoms. The molecule has 0 radical (unpaired) electrons. The van der Waals surface area contributed by atoms with Crippen molar-refractivity contribution < 1.29 is 9.15 Å². The van der Waals surface area contributed by atoms with Gasteiger partial charge in [-0.05, 0) is 62.8 Å². The highest BCUT2D eigenvalue weighted by atomic mass is 35.5. The van der Waals surface area contributed by atoms with Gasteiger partial charge in [0.25, 0.3) is 0 Å². The molecule has 0 spiro atoms. The van der Waals surface area contributed by atoms with Crippen LogP contribution in [0.25, 0.3) is 11.0 Å². The Balaban J connectivity index is 1.73. The Morgan fingerprint density at radius 1 is 1.26 bits per heavy atom. The zero-order valence-corrected chi connectivity index (χ0v) is 16.9. The zero-order chi connectivity index (χ0) is 19.4. The number of hydrazone groups is 1. The van der Waals surface area contributed by atoms with E-state index in [1.807, 2.05) is 63.2 Å². The monoisotopic (exact) mass is 401 g/mol. The second kappa shape index (κ2) is 8.41. The molecule has 0 saturated heterocycles. The highest BCUT2D eigenvalue weighted by Gasteiger charge is 2.11. The quantitative estimate of drug-likeness (QED) is 0.335. The number of fused-ring (bicyclic) bond motifs is 1. The van der Waals surface area contributed by atoms with E-state index in [-0.39, 0.29) is 0 Å². The van der Waals surface area contributed by atoms with Crippen molar-refractivity contribution in [3.05, 3.63) is 58.8 Å². The van der Waals surface area contributed by atoms with Crippen LogP contribution in [0.5, 0.6) is 5.75 Å². The summed E-state index contributed by atoms with van der Waals surface area (Å²) in [6, 6.07) is 13.3. The summed E-state index contributed by atoms with van der Waals surface area (Å²) in [6.07, 6.45) is 0. The van der Waals surface area contributed by atoms with Crippen LogP contribution in [0.2, 0.25) is 5.02 Å². The largest absolute Gasteiger partial charge is 0.490 e. The van der Waals surface area contributed by atoms with Gasteiger partial charge in [-0.15, -0.1) is 0 Å². The van der Waals surface area contributed by atoms with Crippen molar-refractivity contribution in [2.75, 3.05) is 11.9 Å². The van der Waals surface area contributed by atoms with E-state index in [1.54, 1.807) is 0 Å². The molecule has 0 amide bonds. The molecule has 27 heavy (non-hydrogen) atoms. The minimum absolute atomic E-state index is 0.367. The molecule has 0 saturated carbocycles. The lowest BCUT2D eigenvalue weighted by Crippen LogP contribution is -2.25. The van der Waals surface area contributed by atoms with Crippen LogP contribution >= 0.6 is 23.8 Å². The van der Waals surface area contributed by atoms with E-state index in [1.165, 1.54) is 0 Å². The number of nitrogens with one attached hydrogen (secondary N) is 2. The number of hydrogen-bond acceptors (Lipinski definition) is 4. The Morgan fingerprint density at radius 3 is 2.81 bits per heavy atom. The lowest BCUT2D eigenvalue weighted by molar-refractivity contribution is 0.338. The molecule has 0 fully saturated rings. The summed E-state index contributed by atoms with van der Waals surface area (Å²) in [7, 11) is 0. The fourth-order valence-electron chi connectivity index (χ4n) is 2.57. The van der Waals surface area contributed by atoms with Gasteiger partial charge in [-0.2, -0.15) is 5.10 Å². The highest BCUT2D eigenvalue weighted by molar-refractivity contribution is 7.80. The molecule has 0 aliphatic rings. The minimum Gasteiger partial charge on any atom is -0.490 e. The van der Waals surface area contributed by atoms with Crippen LogP contribution in [-0.2, 0) is 0 Å². The van der Waals surface area contributed by atoms with Gasteiger partial charge in [0.15, 0.2) is 22.2 Å². The number of hydrogen-bond donors (Lipinski definition) is 2. The molecule has 0 aliphatic heterocycles. The molecule has 140 valence electrons. The first-order valence-corrected chi connectivity index (χ1v) is 9.30. The van der Waals surface area contributed by atoms with Crippen LogP contribution in [0.3, 0.4) is 0 Å². The SMILES string of the molecule is CCOc1cccc2cc(C(C)=NNC(=S)Nc3cccc(Cl)c3C)oc12. The van der Waals surface area contributed by atoms with Crippen LogP contribution < -0.4 is 15.5 Å². The minimum atomic E-state index is 0.367. The first-order chi connectivity index (χ1) is 13.0. The Hall–Kier alpha value is -2.57. The summed E-state index contributed by atoms with van der Waals surface area (Å²) in [4.78, 5) is 0. The predicted octanol–water partition coefficient (Wildman–Crippen LogP) is 5.50. The van der Waals surface area contributed by atoms with Crippen LogP contribution in [0.15, 0.2) is 52.0 Å². The smallest absolute Gasteiger partial charge is 0.191 e. The third-order valence-electron chi connectivity index (χ3n) is 4.01. The molecule has 1 heterocycles. The van der Waals surface area contributed by atoms with Crippen molar-refractivity contribution in [1.82, 2.24) is 5.43 Å². The van der Waals surface area contributed by atoms with Crippen molar-refractivity contribution in [2.45, 2.75) is 20.8 Å². The molecule has 0 aliphatic carbocycles. The zero-order valence-electron chi connectivity index (χ0n) is 15.3. The summed E-state index contributed by atoms with van der Waals surface area (Å²) in [6.45, 7) is 6.28. The Labute approximate surface area is 168 Å². The summed E-state index contributed by atoms with van der Waals surface area (Å²) in [5.74, 6) is 1.36. The lowest BCUT2D eigenvalue weighted by atomic mass is 10.2. The number of rotatable bonds is 5. The van der Waals surface area contributed by atoms with Crippen LogP contribution in [-0.4, -0.2) is 17.4 Å². The molecule has 0 unspecified atom stereocenters. The molecule has 3 aromatic rings. The lowest BCUT2D eigenvalue weighted by Gasteiger charge is -2.11. The molecule has 0 atom stereocenters. The van der Waals surface area contributed by atoms with E-state index in [0.29, 0.717) is 33.8 Å². The van der Waals surface area contributed by atoms with Gasteiger partial charge >= 0.3 is 0 Å². The number of benzene rings is 2. The fraction of sp³-hybridized carbons (Fsp3) is 0.200. The third kappa shape index (κ3) is 4.40. The van der Waals surface area contributed by atoms with Crippen molar-refractivity contribution in [3.8, 4) is 5.75 Å². The van der Waals surface area contributed by atoms with Gasteiger partial charge in [0.2, 0.25) is 0 Å². The van der Waals surface area contributed by atoms with Gasteiger partial charge in [0, 0.05) is 16.1 Å². The molecule has 5 nitrogen and oxygen atoms in total. The average Bonchev–Trinajstić information content (AvgIpc) is 3.09. The first-order valence-electron chi connectivity index (χ1n) is 8.51. The van der Waals surface area contributed by atoms with E-state index in [4.69, 9.17) is 33.0 Å². The Kier molecular flexibility index (Phi) is 5.98. The molecule has 2 aromatic carbocycles. The normalized spacial score (nSPS) is 11.5. The molecule has 2 N–H and O–H groups in total. The van der Waals surface area contributed by atoms with Crippen molar-refractivity contribution in [2.24, 2.45) is 5.10 Å². The Morgan fingerprint density at radius 2 is 2.04 bits per heavy atom. The first kappa shape index (κ1) is 19.2. The second-order valence-corrected chi connectivity index (χ2v) is 6.71. The summed E-state index contributed by atoms with van der Waals surface area (Å²) < 4.78 is 11.5. The molecular weight excluding hydrogens is 382 g/mol. The van der Waals surface area contributed by atoms with Gasteiger partial charge in [0.05, 0.1) is 6.61 Å². The van der Waals surface area contributed by atoms with Crippen LogP contribution in [0, 0.1) is 6.92 Å². The van der Waals surface area contributed by atoms with E-state index in [2.05, 4.69) is 15.8 Å². The summed E-state index contributed by atoms with van der Waals surface area (Å²) >= 11 is 11.4. The molecule has 3 rings (SSSR count). The second-order valence-electron chi connectivity index (χ2n) is 5.89.